The van der Waals surface area contributed by atoms with E-state index in [1.54, 1.807) is 0 Å². The summed E-state index contributed by atoms with van der Waals surface area (Å²) < 4.78 is 0. The quantitative estimate of drug-likeness (QED) is 0.459. The molecule has 2 N–H and O–H groups in total. The Morgan fingerprint density at radius 3 is 1.62 bits per heavy atom. The van der Waals surface area contributed by atoms with E-state index in [0.29, 0.717) is 0 Å². The van der Waals surface area contributed by atoms with Gasteiger partial charge in [-0.1, -0.05) is 0 Å². The molecule has 0 aromatic rings. The van der Waals surface area contributed by atoms with Crippen molar-refractivity contribution in [2.45, 2.75) is 6.29 Å². The van der Waals surface area contributed by atoms with Gasteiger partial charge in [0, 0.05) is 26.2 Å². The van der Waals surface area contributed by atoms with E-state index in [1.807, 2.05) is 0 Å². The predicted octanol–water partition coefficient (Wildman–Crippen LogP) is -1.14. The van der Waals surface area contributed by atoms with Crippen molar-refractivity contribution >= 4 is 0 Å². The Kier molecular flexibility index (Phi) is 0.848. The fourth-order valence-corrected chi connectivity index (χ4v) is 0.875. The molecule has 0 aliphatic carbocycles. The van der Waals surface area contributed by atoms with Gasteiger partial charge in [-0.2, -0.15) is 0 Å². The van der Waals surface area contributed by atoms with E-state index in [9.17, 15) is 0 Å². The third-order valence-corrected chi connectivity index (χ3v) is 1.71. The maximum Gasteiger partial charge on any atom is 0.114 e. The Bertz CT molecular complexity index is 83.8. The zero-order valence-electron chi connectivity index (χ0n) is 4.88. The van der Waals surface area contributed by atoms with Crippen LogP contribution in [0.15, 0.2) is 0 Å². The van der Waals surface area contributed by atoms with E-state index in [4.69, 9.17) is 5.73 Å². The van der Waals surface area contributed by atoms with Crippen LogP contribution in [0.5, 0.6) is 0 Å². The summed E-state index contributed by atoms with van der Waals surface area (Å²) in [6.07, 6.45) is 0.259. The Labute approximate surface area is 49.0 Å². The van der Waals surface area contributed by atoms with Crippen LogP contribution in [0.1, 0.15) is 0 Å². The zero-order chi connectivity index (χ0) is 5.56. The predicted molar refractivity (Wildman–Crippen MR) is 31.1 cm³/mol. The van der Waals surface area contributed by atoms with Gasteiger partial charge in [0.05, 0.1) is 0 Å². The number of hydrogen-bond acceptors (Lipinski definition) is 3. The summed E-state index contributed by atoms with van der Waals surface area (Å²) in [4.78, 5) is 4.51. The highest BCUT2D eigenvalue weighted by molar-refractivity contribution is 4.84. The SMILES string of the molecule is NC(N1CC1)N1CC1. The molecule has 0 atom stereocenters. The van der Waals surface area contributed by atoms with Crippen molar-refractivity contribution in [3.8, 4) is 0 Å². The largest absolute Gasteiger partial charge is 0.303 e. The van der Waals surface area contributed by atoms with Gasteiger partial charge in [0.1, 0.15) is 6.29 Å². The summed E-state index contributed by atoms with van der Waals surface area (Å²) in [5, 5.41) is 0. The van der Waals surface area contributed by atoms with Crippen molar-refractivity contribution in [2.24, 2.45) is 5.73 Å². The summed E-state index contributed by atoms with van der Waals surface area (Å²) in [5.41, 5.74) is 5.74. The van der Waals surface area contributed by atoms with E-state index in [2.05, 4.69) is 9.80 Å². The van der Waals surface area contributed by atoms with Gasteiger partial charge in [-0.05, 0) is 0 Å². The first-order valence-corrected chi connectivity index (χ1v) is 3.11. The van der Waals surface area contributed by atoms with E-state index in [1.165, 1.54) is 26.2 Å². The Morgan fingerprint density at radius 1 is 1.00 bits per heavy atom. The average molecular weight is 113 g/mol. The Morgan fingerprint density at radius 2 is 1.38 bits per heavy atom. The molecule has 0 unspecified atom stereocenters. The highest BCUT2D eigenvalue weighted by atomic mass is 15.5. The second kappa shape index (κ2) is 1.43. The molecule has 0 bridgehead atoms. The molecule has 2 fully saturated rings. The third kappa shape index (κ3) is 0.727. The number of hydrogen-bond donors (Lipinski definition) is 1. The molecule has 0 aromatic heterocycles. The van der Waals surface area contributed by atoms with Gasteiger partial charge in [0.2, 0.25) is 0 Å². The molecular weight excluding hydrogens is 102 g/mol. The van der Waals surface area contributed by atoms with Crippen LogP contribution in [-0.2, 0) is 0 Å². The number of nitrogens with two attached hydrogens (primary N) is 1. The van der Waals surface area contributed by atoms with Gasteiger partial charge in [-0.25, -0.2) is 0 Å². The summed E-state index contributed by atoms with van der Waals surface area (Å²) >= 11 is 0. The van der Waals surface area contributed by atoms with E-state index >= 15 is 0 Å². The van der Waals surface area contributed by atoms with Crippen molar-refractivity contribution in [3.05, 3.63) is 0 Å². The van der Waals surface area contributed by atoms with Crippen LogP contribution < -0.4 is 5.73 Å². The smallest absolute Gasteiger partial charge is 0.114 e. The minimum atomic E-state index is 0.259. The molecule has 3 nitrogen and oxygen atoms in total. The molecule has 2 saturated heterocycles. The van der Waals surface area contributed by atoms with Gasteiger partial charge in [0.15, 0.2) is 0 Å². The summed E-state index contributed by atoms with van der Waals surface area (Å²) in [6.45, 7) is 4.82. The third-order valence-electron chi connectivity index (χ3n) is 1.71. The summed E-state index contributed by atoms with van der Waals surface area (Å²) in [5.74, 6) is 0. The molecule has 2 aliphatic rings. The van der Waals surface area contributed by atoms with E-state index in [0.717, 1.165) is 0 Å². The van der Waals surface area contributed by atoms with Crippen LogP contribution >= 0.6 is 0 Å². The molecular formula is C5H11N3. The second-order valence-electron chi connectivity index (χ2n) is 2.49. The lowest BCUT2D eigenvalue weighted by molar-refractivity contribution is 0.257. The molecule has 2 heterocycles. The fourth-order valence-electron chi connectivity index (χ4n) is 0.875. The topological polar surface area (TPSA) is 32.0 Å². The lowest BCUT2D eigenvalue weighted by atomic mass is 10.8. The van der Waals surface area contributed by atoms with Gasteiger partial charge in [0.25, 0.3) is 0 Å². The van der Waals surface area contributed by atoms with Crippen LogP contribution in [0.25, 0.3) is 0 Å². The van der Waals surface area contributed by atoms with Gasteiger partial charge < -0.3 is 5.73 Å². The minimum Gasteiger partial charge on any atom is -0.303 e. The monoisotopic (exact) mass is 113 g/mol. The Balaban J connectivity index is 1.84. The van der Waals surface area contributed by atoms with Crippen LogP contribution in [0, 0.1) is 0 Å². The molecule has 8 heavy (non-hydrogen) atoms. The van der Waals surface area contributed by atoms with Crippen molar-refractivity contribution in [1.29, 1.82) is 0 Å². The average Bonchev–Trinajstić information content (AvgIpc) is 2.63. The van der Waals surface area contributed by atoms with Crippen molar-refractivity contribution < 1.29 is 0 Å². The maximum atomic E-state index is 5.74. The number of rotatable bonds is 2. The summed E-state index contributed by atoms with van der Waals surface area (Å²) in [6, 6.07) is 0. The van der Waals surface area contributed by atoms with Crippen LogP contribution in [0.4, 0.5) is 0 Å². The Hall–Kier alpha value is -0.120. The van der Waals surface area contributed by atoms with Crippen LogP contribution in [0.2, 0.25) is 0 Å². The van der Waals surface area contributed by atoms with Crippen LogP contribution in [-0.4, -0.2) is 42.3 Å². The van der Waals surface area contributed by atoms with Gasteiger partial charge in [-0.15, -0.1) is 0 Å². The van der Waals surface area contributed by atoms with Crippen molar-refractivity contribution in [2.75, 3.05) is 26.2 Å². The molecule has 0 aromatic carbocycles. The van der Waals surface area contributed by atoms with E-state index < -0.39 is 0 Å². The van der Waals surface area contributed by atoms with Crippen molar-refractivity contribution in [1.82, 2.24) is 9.80 Å². The highest BCUT2D eigenvalue weighted by Crippen LogP contribution is 2.15. The molecule has 0 spiro atoms. The molecule has 2 rings (SSSR count). The first kappa shape index (κ1) is 4.73. The zero-order valence-corrected chi connectivity index (χ0v) is 4.88. The lowest BCUT2D eigenvalue weighted by Gasteiger charge is -2.11. The van der Waals surface area contributed by atoms with Gasteiger partial charge >= 0.3 is 0 Å². The molecule has 46 valence electrons. The fraction of sp³-hybridized carbons (Fsp3) is 1.00. The first-order chi connectivity index (χ1) is 3.88. The minimum absolute atomic E-state index is 0.259. The normalized spacial score (nSPS) is 29.2. The van der Waals surface area contributed by atoms with Gasteiger partial charge in [-0.3, -0.25) is 9.80 Å². The summed E-state index contributed by atoms with van der Waals surface area (Å²) in [7, 11) is 0. The standard InChI is InChI=1S/C5H11N3/c6-5(7-1-2-7)8-3-4-8/h5H,1-4,6H2. The highest BCUT2D eigenvalue weighted by Gasteiger charge is 2.34. The second-order valence-corrected chi connectivity index (χ2v) is 2.49. The van der Waals surface area contributed by atoms with Crippen molar-refractivity contribution in [3.63, 3.8) is 0 Å². The lowest BCUT2D eigenvalue weighted by Crippen LogP contribution is -2.36. The number of nitrogens with zero attached hydrogens (tertiary/aromatic N) is 2. The first-order valence-electron chi connectivity index (χ1n) is 3.11. The molecule has 0 saturated carbocycles. The van der Waals surface area contributed by atoms with E-state index in [-0.39, 0.29) is 6.29 Å². The maximum absolute atomic E-state index is 5.74. The molecule has 0 amide bonds. The van der Waals surface area contributed by atoms with Crippen LogP contribution in [0.3, 0.4) is 0 Å². The molecule has 0 radical (unpaired) electrons. The molecule has 2 aliphatic heterocycles. The molecule has 3 heteroatoms.